The van der Waals surface area contributed by atoms with Crippen LogP contribution in [0.2, 0.25) is 0 Å². The highest BCUT2D eigenvalue weighted by molar-refractivity contribution is 5.66. The zero-order valence-corrected chi connectivity index (χ0v) is 10.0. The maximum atomic E-state index is 11.2. The molecular weight excluding hydrogens is 232 g/mol. The number of amides is 1. The van der Waals surface area contributed by atoms with Crippen molar-refractivity contribution in [1.29, 1.82) is 0 Å². The number of fused-ring (bicyclic) bond motifs is 2. The zero-order valence-electron chi connectivity index (χ0n) is 10.0. The van der Waals surface area contributed by atoms with Crippen molar-refractivity contribution in [1.82, 2.24) is 9.88 Å². The number of ether oxygens (including phenoxy) is 1. The summed E-state index contributed by atoms with van der Waals surface area (Å²) in [6.07, 6.45) is 4.47. The van der Waals surface area contributed by atoms with Crippen LogP contribution in [0.4, 0.5) is 4.79 Å². The van der Waals surface area contributed by atoms with E-state index in [9.17, 15) is 4.79 Å². The molecule has 2 fully saturated rings. The minimum atomic E-state index is -0.793. The van der Waals surface area contributed by atoms with Gasteiger partial charge in [-0.1, -0.05) is 6.07 Å². The summed E-state index contributed by atoms with van der Waals surface area (Å²) in [4.78, 5) is 16.9. The number of pyridine rings is 1. The van der Waals surface area contributed by atoms with E-state index in [4.69, 9.17) is 9.84 Å². The molecule has 96 valence electrons. The summed E-state index contributed by atoms with van der Waals surface area (Å²) < 4.78 is 5.83. The Bertz CT molecular complexity index is 423. The molecule has 2 saturated heterocycles. The highest BCUT2D eigenvalue weighted by atomic mass is 16.5. The number of carbonyl (C=O) groups is 1. The molecule has 0 saturated carbocycles. The van der Waals surface area contributed by atoms with Gasteiger partial charge in [0.25, 0.3) is 0 Å². The maximum absolute atomic E-state index is 11.2. The number of nitrogens with zero attached hydrogens (tertiary/aromatic N) is 2. The van der Waals surface area contributed by atoms with Crippen LogP contribution in [0.5, 0.6) is 5.88 Å². The molecule has 0 aromatic carbocycles. The Morgan fingerprint density at radius 1 is 1.33 bits per heavy atom. The number of carboxylic acid groups (broad SMARTS) is 1. The third kappa shape index (κ3) is 2.00. The van der Waals surface area contributed by atoms with Gasteiger partial charge in [0.05, 0.1) is 0 Å². The molecule has 1 aromatic rings. The highest BCUT2D eigenvalue weighted by Gasteiger charge is 2.44. The molecule has 2 aliphatic heterocycles. The van der Waals surface area contributed by atoms with Crippen LogP contribution in [0.1, 0.15) is 25.7 Å². The lowest BCUT2D eigenvalue weighted by Crippen LogP contribution is -2.48. The summed E-state index contributed by atoms with van der Waals surface area (Å²) in [5.74, 6) is 0.630. The van der Waals surface area contributed by atoms with Gasteiger partial charge >= 0.3 is 6.09 Å². The molecule has 0 unspecified atom stereocenters. The van der Waals surface area contributed by atoms with E-state index in [1.165, 1.54) is 0 Å². The van der Waals surface area contributed by atoms with Crippen molar-refractivity contribution in [2.24, 2.45) is 0 Å². The van der Waals surface area contributed by atoms with E-state index in [0.717, 1.165) is 25.7 Å². The molecule has 3 atom stereocenters. The van der Waals surface area contributed by atoms with Crippen molar-refractivity contribution in [3.8, 4) is 5.88 Å². The Hall–Kier alpha value is -1.78. The molecule has 3 heterocycles. The fourth-order valence-electron chi connectivity index (χ4n) is 3.12. The van der Waals surface area contributed by atoms with Gasteiger partial charge in [-0.3, -0.25) is 0 Å². The molecule has 0 radical (unpaired) electrons. The lowest BCUT2D eigenvalue weighted by atomic mass is 10.0. The number of hydrogen-bond acceptors (Lipinski definition) is 3. The first-order valence-electron chi connectivity index (χ1n) is 6.33. The molecule has 0 aliphatic carbocycles. The fourth-order valence-corrected chi connectivity index (χ4v) is 3.12. The largest absolute Gasteiger partial charge is 0.474 e. The number of hydrogen-bond donors (Lipinski definition) is 1. The molecule has 3 rings (SSSR count). The van der Waals surface area contributed by atoms with Crippen LogP contribution in [0.25, 0.3) is 0 Å². The highest BCUT2D eigenvalue weighted by Crippen LogP contribution is 2.36. The van der Waals surface area contributed by atoms with Crippen LogP contribution in [0.3, 0.4) is 0 Å². The number of aromatic nitrogens is 1. The quantitative estimate of drug-likeness (QED) is 0.871. The van der Waals surface area contributed by atoms with Crippen molar-refractivity contribution < 1.29 is 14.6 Å². The molecule has 1 N–H and O–H groups in total. The van der Waals surface area contributed by atoms with Crippen LogP contribution < -0.4 is 4.74 Å². The monoisotopic (exact) mass is 248 g/mol. The summed E-state index contributed by atoms with van der Waals surface area (Å²) in [5.41, 5.74) is 0. The molecular formula is C13H16N2O3. The van der Waals surface area contributed by atoms with Gasteiger partial charge in [-0.15, -0.1) is 0 Å². The fraction of sp³-hybridized carbons (Fsp3) is 0.538. The van der Waals surface area contributed by atoms with Crippen LogP contribution in [-0.4, -0.2) is 39.3 Å². The van der Waals surface area contributed by atoms with Gasteiger partial charge < -0.3 is 14.7 Å². The van der Waals surface area contributed by atoms with Gasteiger partial charge in [0.2, 0.25) is 5.88 Å². The van der Waals surface area contributed by atoms with Gasteiger partial charge in [-0.2, -0.15) is 0 Å². The average Bonchev–Trinajstić information content (AvgIpc) is 2.63. The summed E-state index contributed by atoms with van der Waals surface area (Å²) >= 11 is 0. The van der Waals surface area contributed by atoms with Gasteiger partial charge in [0.15, 0.2) is 0 Å². The summed E-state index contributed by atoms with van der Waals surface area (Å²) in [6.45, 7) is 0. The predicted molar refractivity (Wildman–Crippen MR) is 64.6 cm³/mol. The maximum Gasteiger partial charge on any atom is 0.407 e. The van der Waals surface area contributed by atoms with Crippen LogP contribution in [-0.2, 0) is 0 Å². The summed E-state index contributed by atoms with van der Waals surface area (Å²) in [5, 5.41) is 9.17. The average molecular weight is 248 g/mol. The first-order chi connectivity index (χ1) is 8.74. The van der Waals surface area contributed by atoms with E-state index in [-0.39, 0.29) is 18.2 Å². The van der Waals surface area contributed by atoms with E-state index in [1.807, 2.05) is 18.2 Å². The summed E-state index contributed by atoms with van der Waals surface area (Å²) in [6, 6.07) is 5.82. The molecule has 1 amide bonds. The van der Waals surface area contributed by atoms with E-state index >= 15 is 0 Å². The van der Waals surface area contributed by atoms with E-state index in [1.54, 1.807) is 11.1 Å². The predicted octanol–water partition coefficient (Wildman–Crippen LogP) is 2.13. The van der Waals surface area contributed by atoms with E-state index in [0.29, 0.717) is 5.88 Å². The Labute approximate surface area is 105 Å². The Kier molecular flexibility index (Phi) is 2.81. The normalized spacial score (nSPS) is 30.2. The van der Waals surface area contributed by atoms with Crippen LogP contribution in [0.15, 0.2) is 24.4 Å². The molecule has 5 heteroatoms. The smallest absolute Gasteiger partial charge is 0.407 e. The first-order valence-corrected chi connectivity index (χ1v) is 6.33. The minimum Gasteiger partial charge on any atom is -0.474 e. The molecule has 2 bridgehead atoms. The standard InChI is InChI=1S/C13H16N2O3/c16-13(17)15-9-4-5-10(15)8-11(7-9)18-12-3-1-2-6-14-12/h1-3,6,9-11H,4-5,7-8H2,(H,16,17)/t9-,10+,11-. The van der Waals surface area contributed by atoms with Gasteiger partial charge in [-0.25, -0.2) is 9.78 Å². The van der Waals surface area contributed by atoms with E-state index in [2.05, 4.69) is 4.98 Å². The van der Waals surface area contributed by atoms with Crippen molar-refractivity contribution in [3.63, 3.8) is 0 Å². The lowest BCUT2D eigenvalue weighted by molar-refractivity contribution is 0.0477. The summed E-state index contributed by atoms with van der Waals surface area (Å²) in [7, 11) is 0. The first kappa shape index (κ1) is 11.3. The van der Waals surface area contributed by atoms with Crippen molar-refractivity contribution in [3.05, 3.63) is 24.4 Å². The Morgan fingerprint density at radius 3 is 2.61 bits per heavy atom. The van der Waals surface area contributed by atoms with E-state index < -0.39 is 6.09 Å². The SMILES string of the molecule is O=C(O)N1[C@@H]2CC[C@H]1C[C@H](Oc1ccccn1)C2. The van der Waals surface area contributed by atoms with Crippen molar-refractivity contribution in [2.45, 2.75) is 43.9 Å². The van der Waals surface area contributed by atoms with Crippen LogP contribution >= 0.6 is 0 Å². The molecule has 5 nitrogen and oxygen atoms in total. The van der Waals surface area contributed by atoms with Crippen molar-refractivity contribution in [2.75, 3.05) is 0 Å². The third-order valence-corrected chi connectivity index (χ3v) is 3.84. The number of rotatable bonds is 2. The third-order valence-electron chi connectivity index (χ3n) is 3.84. The second-order valence-corrected chi connectivity index (χ2v) is 4.95. The Balaban J connectivity index is 1.67. The van der Waals surface area contributed by atoms with Gasteiger partial charge in [0, 0.05) is 37.2 Å². The molecule has 2 aliphatic rings. The number of piperidine rings is 1. The van der Waals surface area contributed by atoms with Crippen LogP contribution in [0, 0.1) is 0 Å². The zero-order chi connectivity index (χ0) is 12.5. The molecule has 18 heavy (non-hydrogen) atoms. The second-order valence-electron chi connectivity index (χ2n) is 4.95. The Morgan fingerprint density at radius 2 is 2.06 bits per heavy atom. The lowest BCUT2D eigenvalue weighted by Gasteiger charge is -2.36. The topological polar surface area (TPSA) is 62.7 Å². The molecule has 0 spiro atoms. The second kappa shape index (κ2) is 4.48. The minimum absolute atomic E-state index is 0.0907. The van der Waals surface area contributed by atoms with Gasteiger partial charge in [-0.05, 0) is 18.9 Å². The van der Waals surface area contributed by atoms with Crippen molar-refractivity contribution >= 4 is 6.09 Å². The molecule has 1 aromatic heterocycles. The van der Waals surface area contributed by atoms with Gasteiger partial charge in [0.1, 0.15) is 6.10 Å².